The third-order valence-corrected chi connectivity index (χ3v) is 2.93. The zero-order valence-electron chi connectivity index (χ0n) is 10.1. The third-order valence-electron chi connectivity index (χ3n) is 2.93. The van der Waals surface area contributed by atoms with Crippen LogP contribution in [0.25, 0.3) is 0 Å². The quantitative estimate of drug-likeness (QED) is 0.856. The molecule has 102 valence electrons. The van der Waals surface area contributed by atoms with Crippen LogP contribution in [0, 0.1) is 0 Å². The van der Waals surface area contributed by atoms with E-state index in [9.17, 15) is 18.0 Å². The molecule has 0 bridgehead atoms. The van der Waals surface area contributed by atoms with Gasteiger partial charge in [0.2, 0.25) is 5.91 Å². The van der Waals surface area contributed by atoms with E-state index in [-0.39, 0.29) is 11.9 Å². The molecule has 6 heteroatoms. The van der Waals surface area contributed by atoms with Crippen LogP contribution in [-0.2, 0) is 11.0 Å². The molecule has 1 aliphatic rings. The molecule has 0 saturated carbocycles. The third kappa shape index (κ3) is 3.07. The molecule has 1 aromatic carbocycles. The zero-order valence-corrected chi connectivity index (χ0v) is 10.1. The Labute approximate surface area is 108 Å². The van der Waals surface area contributed by atoms with Crippen molar-refractivity contribution >= 4 is 11.6 Å². The van der Waals surface area contributed by atoms with E-state index in [0.717, 1.165) is 12.1 Å². The van der Waals surface area contributed by atoms with Crippen molar-refractivity contribution in [2.75, 3.05) is 18.4 Å². The Morgan fingerprint density at radius 3 is 2.68 bits per heavy atom. The fourth-order valence-electron chi connectivity index (χ4n) is 1.90. The summed E-state index contributed by atoms with van der Waals surface area (Å²) in [5.74, 6) is -0.165. The number of nitrogens with zero attached hydrogens (tertiary/aromatic N) is 1. The predicted octanol–water partition coefficient (Wildman–Crippen LogP) is 2.51. The molecule has 2 rings (SSSR count). The highest BCUT2D eigenvalue weighted by Gasteiger charge is 2.32. The first kappa shape index (κ1) is 13.5. The van der Waals surface area contributed by atoms with Crippen LogP contribution in [0.3, 0.4) is 0 Å². The van der Waals surface area contributed by atoms with Gasteiger partial charge in [0.05, 0.1) is 11.6 Å². The summed E-state index contributed by atoms with van der Waals surface area (Å²) in [4.78, 5) is 12.8. The first-order chi connectivity index (χ1) is 8.90. The predicted molar refractivity (Wildman–Crippen MR) is 65.6 cm³/mol. The molecule has 0 radical (unpaired) electrons. The van der Waals surface area contributed by atoms with Crippen molar-refractivity contribution in [2.45, 2.75) is 12.2 Å². The maximum Gasteiger partial charge on any atom is 0.416 e. The first-order valence-electron chi connectivity index (χ1n) is 5.75. The minimum Gasteiger partial charge on any atom is -0.379 e. The number of hydrogen-bond donors (Lipinski definition) is 1. The molecular formula is C13H13F3N2O. The van der Waals surface area contributed by atoms with Crippen molar-refractivity contribution in [3.63, 3.8) is 0 Å². The first-order valence-corrected chi connectivity index (χ1v) is 5.75. The summed E-state index contributed by atoms with van der Waals surface area (Å²) in [5.41, 5.74) is -0.277. The van der Waals surface area contributed by atoms with E-state index in [0.29, 0.717) is 18.8 Å². The lowest BCUT2D eigenvalue weighted by Crippen LogP contribution is -2.56. The van der Waals surface area contributed by atoms with Gasteiger partial charge in [0, 0.05) is 18.8 Å². The van der Waals surface area contributed by atoms with Gasteiger partial charge >= 0.3 is 6.18 Å². The molecule has 0 atom stereocenters. The second kappa shape index (κ2) is 4.95. The highest BCUT2D eigenvalue weighted by molar-refractivity contribution is 5.87. The zero-order chi connectivity index (χ0) is 14.0. The Morgan fingerprint density at radius 1 is 1.42 bits per heavy atom. The van der Waals surface area contributed by atoms with E-state index in [1.165, 1.54) is 12.1 Å². The van der Waals surface area contributed by atoms with E-state index < -0.39 is 11.7 Å². The number of anilines is 1. The van der Waals surface area contributed by atoms with Crippen molar-refractivity contribution in [1.82, 2.24) is 4.90 Å². The van der Waals surface area contributed by atoms with Gasteiger partial charge < -0.3 is 10.2 Å². The molecule has 1 saturated heterocycles. The van der Waals surface area contributed by atoms with Gasteiger partial charge in [0.1, 0.15) is 0 Å². The van der Waals surface area contributed by atoms with Crippen LogP contribution in [-0.4, -0.2) is 29.9 Å². The molecule has 0 aliphatic carbocycles. The normalized spacial score (nSPS) is 15.8. The van der Waals surface area contributed by atoms with Crippen LogP contribution in [0.5, 0.6) is 0 Å². The molecule has 19 heavy (non-hydrogen) atoms. The summed E-state index contributed by atoms with van der Waals surface area (Å²) in [7, 11) is 0. The standard InChI is InChI=1S/C13H13F3N2O/c1-2-12(19)18-7-11(8-18)17-10-5-3-4-9(6-10)13(14,15)16/h2-6,11,17H,1,7-8H2. The molecular weight excluding hydrogens is 257 g/mol. The maximum atomic E-state index is 12.5. The number of halogens is 3. The number of carbonyl (C=O) groups excluding carboxylic acids is 1. The molecule has 1 N–H and O–H groups in total. The van der Waals surface area contributed by atoms with Crippen molar-refractivity contribution < 1.29 is 18.0 Å². The molecule has 1 heterocycles. The van der Waals surface area contributed by atoms with Crippen molar-refractivity contribution in [3.05, 3.63) is 42.5 Å². The average Bonchev–Trinajstić information content (AvgIpc) is 2.31. The van der Waals surface area contributed by atoms with Gasteiger partial charge in [0.15, 0.2) is 0 Å². The van der Waals surface area contributed by atoms with E-state index in [2.05, 4.69) is 11.9 Å². The Kier molecular flexibility index (Phi) is 3.50. The van der Waals surface area contributed by atoms with Crippen LogP contribution in [0.1, 0.15) is 5.56 Å². The Morgan fingerprint density at radius 2 is 2.11 bits per heavy atom. The fraction of sp³-hybridized carbons (Fsp3) is 0.308. The molecule has 3 nitrogen and oxygen atoms in total. The minimum absolute atomic E-state index is 0.0209. The number of hydrogen-bond acceptors (Lipinski definition) is 2. The highest BCUT2D eigenvalue weighted by atomic mass is 19.4. The lowest BCUT2D eigenvalue weighted by molar-refractivity contribution is -0.137. The van der Waals surface area contributed by atoms with Gasteiger partial charge in [-0.2, -0.15) is 13.2 Å². The second-order valence-corrected chi connectivity index (χ2v) is 4.37. The fourth-order valence-corrected chi connectivity index (χ4v) is 1.90. The molecule has 1 aliphatic heterocycles. The average molecular weight is 270 g/mol. The largest absolute Gasteiger partial charge is 0.416 e. The molecule has 1 fully saturated rings. The Balaban J connectivity index is 1.95. The number of nitrogens with one attached hydrogen (secondary N) is 1. The molecule has 0 spiro atoms. The van der Waals surface area contributed by atoms with E-state index in [4.69, 9.17) is 0 Å². The van der Waals surface area contributed by atoms with Gasteiger partial charge in [-0.15, -0.1) is 0 Å². The summed E-state index contributed by atoms with van der Waals surface area (Å²) < 4.78 is 37.6. The van der Waals surface area contributed by atoms with Gasteiger partial charge in [-0.3, -0.25) is 4.79 Å². The monoisotopic (exact) mass is 270 g/mol. The van der Waals surface area contributed by atoms with Crippen LogP contribution in [0.15, 0.2) is 36.9 Å². The Hall–Kier alpha value is -1.98. The summed E-state index contributed by atoms with van der Waals surface area (Å²) in [6.45, 7) is 4.32. The number of alkyl halides is 3. The second-order valence-electron chi connectivity index (χ2n) is 4.37. The number of carbonyl (C=O) groups is 1. The highest BCUT2D eigenvalue weighted by Crippen LogP contribution is 2.31. The summed E-state index contributed by atoms with van der Waals surface area (Å²) in [5, 5.41) is 2.97. The van der Waals surface area contributed by atoms with Gasteiger partial charge in [0.25, 0.3) is 0 Å². The van der Waals surface area contributed by atoms with Crippen LogP contribution < -0.4 is 5.32 Å². The van der Waals surface area contributed by atoms with Crippen molar-refractivity contribution in [3.8, 4) is 0 Å². The molecule has 1 amide bonds. The number of likely N-dealkylation sites (tertiary alicyclic amines) is 1. The number of amides is 1. The molecule has 0 unspecified atom stereocenters. The van der Waals surface area contributed by atoms with E-state index >= 15 is 0 Å². The van der Waals surface area contributed by atoms with Crippen molar-refractivity contribution in [1.29, 1.82) is 0 Å². The molecule has 0 aromatic heterocycles. The lowest BCUT2D eigenvalue weighted by Gasteiger charge is -2.39. The Bertz CT molecular complexity index is 493. The lowest BCUT2D eigenvalue weighted by atomic mass is 10.1. The number of benzene rings is 1. The van der Waals surface area contributed by atoms with E-state index in [1.807, 2.05) is 0 Å². The van der Waals surface area contributed by atoms with Gasteiger partial charge in [-0.05, 0) is 24.3 Å². The SMILES string of the molecule is C=CC(=O)N1CC(Nc2cccc(C(F)(F)F)c2)C1. The van der Waals surface area contributed by atoms with Crippen molar-refractivity contribution in [2.24, 2.45) is 0 Å². The van der Waals surface area contributed by atoms with E-state index in [1.54, 1.807) is 11.0 Å². The smallest absolute Gasteiger partial charge is 0.379 e. The summed E-state index contributed by atoms with van der Waals surface area (Å²) >= 11 is 0. The van der Waals surface area contributed by atoms with Crippen LogP contribution in [0.2, 0.25) is 0 Å². The van der Waals surface area contributed by atoms with Crippen LogP contribution in [0.4, 0.5) is 18.9 Å². The van der Waals surface area contributed by atoms with Crippen LogP contribution >= 0.6 is 0 Å². The van der Waals surface area contributed by atoms with Gasteiger partial charge in [-0.1, -0.05) is 12.6 Å². The topological polar surface area (TPSA) is 32.3 Å². The van der Waals surface area contributed by atoms with Gasteiger partial charge in [-0.25, -0.2) is 0 Å². The minimum atomic E-state index is -4.35. The molecule has 1 aromatic rings. The number of rotatable bonds is 3. The summed E-state index contributed by atoms with van der Waals surface area (Å²) in [6, 6.07) is 5.01. The maximum absolute atomic E-state index is 12.5. The summed E-state index contributed by atoms with van der Waals surface area (Å²) in [6.07, 6.45) is -3.12.